The van der Waals surface area contributed by atoms with Gasteiger partial charge in [-0.2, -0.15) is 0 Å². The van der Waals surface area contributed by atoms with Gasteiger partial charge < -0.3 is 19.4 Å². The number of hydrogen-bond acceptors (Lipinski definition) is 6. The Morgan fingerprint density at radius 3 is 2.78 bits per heavy atom. The Balaban J connectivity index is 1.25. The molecule has 162 valence electrons. The first-order valence-corrected chi connectivity index (χ1v) is 11.2. The van der Waals surface area contributed by atoms with Gasteiger partial charge in [0, 0.05) is 19.2 Å². The summed E-state index contributed by atoms with van der Waals surface area (Å²) in [6, 6.07) is 18.6. The van der Waals surface area contributed by atoms with Crippen molar-refractivity contribution in [3.63, 3.8) is 0 Å². The number of anilines is 1. The molecule has 1 unspecified atom stereocenters. The second-order valence-corrected chi connectivity index (χ2v) is 8.65. The number of rotatable bonds is 5. The predicted octanol–water partition coefficient (Wildman–Crippen LogP) is 5.17. The Morgan fingerprint density at radius 2 is 1.97 bits per heavy atom. The van der Waals surface area contributed by atoms with E-state index in [1.165, 1.54) is 17.6 Å². The number of carbonyl (C=O) groups excluding carboxylic acids is 2. The first kappa shape index (κ1) is 20.3. The van der Waals surface area contributed by atoms with Crippen molar-refractivity contribution in [2.45, 2.75) is 12.8 Å². The number of carbonyl (C=O) groups is 2. The second-order valence-electron chi connectivity index (χ2n) is 7.62. The second kappa shape index (κ2) is 8.84. The normalized spacial score (nSPS) is 16.1. The van der Waals surface area contributed by atoms with Gasteiger partial charge in [-0.1, -0.05) is 29.5 Å². The zero-order chi connectivity index (χ0) is 21.9. The van der Waals surface area contributed by atoms with Gasteiger partial charge in [-0.15, -0.1) is 0 Å². The van der Waals surface area contributed by atoms with Gasteiger partial charge in [0.25, 0.3) is 5.91 Å². The number of para-hydroxylation sites is 1. The number of fused-ring (bicyclic) bond motifs is 1. The van der Waals surface area contributed by atoms with E-state index >= 15 is 0 Å². The molecule has 0 radical (unpaired) electrons. The molecule has 8 heteroatoms. The Bertz CT molecular complexity index is 1240. The molecule has 3 heterocycles. The van der Waals surface area contributed by atoms with Crippen LogP contribution in [0.15, 0.2) is 71.3 Å². The van der Waals surface area contributed by atoms with E-state index in [1.807, 2.05) is 48.5 Å². The minimum Gasteiger partial charge on any atom is -0.459 e. The fourth-order valence-electron chi connectivity index (χ4n) is 3.79. The molecule has 1 N–H and O–H groups in total. The minimum absolute atomic E-state index is 0.123. The van der Waals surface area contributed by atoms with Crippen LogP contribution in [0.5, 0.6) is 11.5 Å². The van der Waals surface area contributed by atoms with E-state index in [0.29, 0.717) is 29.7 Å². The summed E-state index contributed by atoms with van der Waals surface area (Å²) in [5.74, 6) is 1.18. The average Bonchev–Trinajstić information content (AvgIpc) is 3.49. The van der Waals surface area contributed by atoms with Crippen molar-refractivity contribution in [2.75, 3.05) is 18.4 Å². The third-order valence-electron chi connectivity index (χ3n) is 5.38. The van der Waals surface area contributed by atoms with Gasteiger partial charge >= 0.3 is 0 Å². The fraction of sp³-hybridized carbons (Fsp3) is 0.208. The van der Waals surface area contributed by atoms with Crippen molar-refractivity contribution < 1.29 is 18.7 Å². The molecule has 2 amide bonds. The molecular weight excluding hydrogens is 426 g/mol. The zero-order valence-corrected chi connectivity index (χ0v) is 18.0. The molecule has 1 fully saturated rings. The monoisotopic (exact) mass is 447 g/mol. The number of piperidine rings is 1. The average molecular weight is 448 g/mol. The van der Waals surface area contributed by atoms with Crippen molar-refractivity contribution in [1.82, 2.24) is 9.88 Å². The maximum Gasteiger partial charge on any atom is 0.289 e. The van der Waals surface area contributed by atoms with Crippen molar-refractivity contribution >= 4 is 38.5 Å². The summed E-state index contributed by atoms with van der Waals surface area (Å²) in [5.41, 5.74) is 0.795. The van der Waals surface area contributed by atoms with Crippen LogP contribution in [-0.2, 0) is 4.79 Å². The summed E-state index contributed by atoms with van der Waals surface area (Å²) in [6.45, 7) is 0.986. The Morgan fingerprint density at radius 1 is 1.09 bits per heavy atom. The first-order valence-electron chi connectivity index (χ1n) is 10.4. The van der Waals surface area contributed by atoms with Crippen LogP contribution in [-0.4, -0.2) is 34.8 Å². The number of aromatic nitrogens is 1. The van der Waals surface area contributed by atoms with Crippen molar-refractivity contribution in [2.24, 2.45) is 5.92 Å². The van der Waals surface area contributed by atoms with E-state index in [1.54, 1.807) is 17.0 Å². The number of ether oxygens (including phenoxy) is 1. The molecule has 1 atom stereocenters. The molecular formula is C24H21N3O4S. The van der Waals surface area contributed by atoms with Gasteiger partial charge in [-0.05, 0) is 49.2 Å². The molecule has 2 aromatic heterocycles. The highest BCUT2D eigenvalue weighted by Crippen LogP contribution is 2.32. The molecule has 1 saturated heterocycles. The van der Waals surface area contributed by atoms with Crippen LogP contribution < -0.4 is 10.1 Å². The molecule has 4 aromatic rings. The third-order valence-corrected chi connectivity index (χ3v) is 6.31. The minimum atomic E-state index is -0.286. The van der Waals surface area contributed by atoms with E-state index in [4.69, 9.17) is 9.15 Å². The standard InChI is InChI=1S/C24H21N3O4S/c28-22(16-6-4-12-27(15-16)23(29)20-9-5-13-30-20)26-24-25-19-11-10-18(14-21(19)32-24)31-17-7-2-1-3-8-17/h1-3,5,7-11,13-14,16H,4,6,12,15H2,(H,25,26,28). The van der Waals surface area contributed by atoms with Crippen LogP contribution in [0.2, 0.25) is 0 Å². The third kappa shape index (κ3) is 4.36. The van der Waals surface area contributed by atoms with Crippen LogP contribution in [0.1, 0.15) is 23.4 Å². The summed E-state index contributed by atoms with van der Waals surface area (Å²) < 4.78 is 12.0. The highest BCUT2D eigenvalue weighted by molar-refractivity contribution is 7.22. The number of likely N-dealkylation sites (tertiary alicyclic amines) is 1. The van der Waals surface area contributed by atoms with Crippen LogP contribution in [0.4, 0.5) is 5.13 Å². The maximum absolute atomic E-state index is 12.9. The van der Waals surface area contributed by atoms with E-state index in [2.05, 4.69) is 10.3 Å². The largest absolute Gasteiger partial charge is 0.459 e. The molecule has 32 heavy (non-hydrogen) atoms. The van der Waals surface area contributed by atoms with E-state index in [9.17, 15) is 9.59 Å². The predicted molar refractivity (Wildman–Crippen MR) is 122 cm³/mol. The lowest BCUT2D eigenvalue weighted by Crippen LogP contribution is -2.43. The van der Waals surface area contributed by atoms with Crippen LogP contribution in [0.3, 0.4) is 0 Å². The van der Waals surface area contributed by atoms with Gasteiger partial charge in [0.15, 0.2) is 10.9 Å². The summed E-state index contributed by atoms with van der Waals surface area (Å²) in [7, 11) is 0. The summed E-state index contributed by atoms with van der Waals surface area (Å²) >= 11 is 1.40. The van der Waals surface area contributed by atoms with E-state index in [0.717, 1.165) is 28.8 Å². The molecule has 2 aromatic carbocycles. The number of benzene rings is 2. The first-order chi connectivity index (χ1) is 15.7. The molecule has 1 aliphatic rings. The van der Waals surface area contributed by atoms with Crippen LogP contribution in [0.25, 0.3) is 10.2 Å². The molecule has 0 spiro atoms. The van der Waals surface area contributed by atoms with Gasteiger partial charge in [-0.3, -0.25) is 9.59 Å². The topological polar surface area (TPSA) is 84.7 Å². The smallest absolute Gasteiger partial charge is 0.289 e. The van der Waals surface area contributed by atoms with Crippen molar-refractivity contribution in [3.05, 3.63) is 72.7 Å². The number of thiazole rings is 1. The van der Waals surface area contributed by atoms with Crippen molar-refractivity contribution in [3.8, 4) is 11.5 Å². The summed E-state index contributed by atoms with van der Waals surface area (Å²) in [6.07, 6.45) is 2.98. The maximum atomic E-state index is 12.9. The van der Waals surface area contributed by atoms with Crippen molar-refractivity contribution in [1.29, 1.82) is 0 Å². The van der Waals surface area contributed by atoms with Gasteiger partial charge in [-0.25, -0.2) is 4.98 Å². The van der Waals surface area contributed by atoms with E-state index in [-0.39, 0.29) is 17.7 Å². The lowest BCUT2D eigenvalue weighted by Gasteiger charge is -2.31. The number of amides is 2. The SMILES string of the molecule is O=C(Nc1nc2ccc(Oc3ccccc3)cc2s1)C1CCCN(C(=O)c2ccco2)C1. The lowest BCUT2D eigenvalue weighted by atomic mass is 9.97. The van der Waals surface area contributed by atoms with Gasteiger partial charge in [0.05, 0.1) is 22.4 Å². The quantitative estimate of drug-likeness (QED) is 0.456. The molecule has 0 aliphatic carbocycles. The van der Waals surface area contributed by atoms with Crippen LogP contribution >= 0.6 is 11.3 Å². The Labute approximate surface area is 188 Å². The highest BCUT2D eigenvalue weighted by Gasteiger charge is 2.30. The van der Waals surface area contributed by atoms with Gasteiger partial charge in [0.2, 0.25) is 5.91 Å². The number of nitrogens with one attached hydrogen (secondary N) is 1. The Kier molecular flexibility index (Phi) is 5.60. The molecule has 0 bridgehead atoms. The molecule has 0 saturated carbocycles. The number of hydrogen-bond donors (Lipinski definition) is 1. The molecule has 7 nitrogen and oxygen atoms in total. The number of nitrogens with zero attached hydrogens (tertiary/aromatic N) is 2. The van der Waals surface area contributed by atoms with E-state index < -0.39 is 0 Å². The Hall–Kier alpha value is -3.65. The summed E-state index contributed by atoms with van der Waals surface area (Å²) in [5, 5.41) is 3.47. The van der Waals surface area contributed by atoms with Gasteiger partial charge in [0.1, 0.15) is 11.5 Å². The number of furan rings is 1. The molecule has 5 rings (SSSR count). The highest BCUT2D eigenvalue weighted by atomic mass is 32.1. The van der Waals surface area contributed by atoms with Crippen LogP contribution in [0, 0.1) is 5.92 Å². The zero-order valence-electron chi connectivity index (χ0n) is 17.2. The molecule has 1 aliphatic heterocycles. The lowest BCUT2D eigenvalue weighted by molar-refractivity contribution is -0.121. The summed E-state index contributed by atoms with van der Waals surface area (Å²) in [4.78, 5) is 31.6. The fourth-order valence-corrected chi connectivity index (χ4v) is 4.68.